The molecule has 0 radical (unpaired) electrons. The van der Waals surface area contributed by atoms with Crippen LogP contribution in [0.5, 0.6) is 5.75 Å². The number of amides is 1. The molecular formula is C21H22FN3O2. The molecule has 3 aromatic rings. The highest BCUT2D eigenvalue weighted by molar-refractivity contribution is 5.82. The number of fused-ring (bicyclic) bond motifs is 1. The van der Waals surface area contributed by atoms with Crippen LogP contribution >= 0.6 is 0 Å². The van der Waals surface area contributed by atoms with Gasteiger partial charge in [0.15, 0.2) is 6.10 Å². The molecule has 1 aliphatic rings. The molecule has 140 valence electrons. The van der Waals surface area contributed by atoms with E-state index in [0.29, 0.717) is 24.8 Å². The van der Waals surface area contributed by atoms with Gasteiger partial charge in [-0.15, -0.1) is 0 Å². The van der Waals surface area contributed by atoms with E-state index in [2.05, 4.69) is 16.0 Å². The molecule has 1 amide bonds. The molecular weight excluding hydrogens is 345 g/mol. The van der Waals surface area contributed by atoms with Crippen LogP contribution in [0.1, 0.15) is 31.2 Å². The summed E-state index contributed by atoms with van der Waals surface area (Å²) in [4.78, 5) is 22.1. The normalized spacial score (nSPS) is 16.4. The lowest BCUT2D eigenvalue weighted by Crippen LogP contribution is -2.44. The summed E-state index contributed by atoms with van der Waals surface area (Å²) in [6, 6.07) is 9.91. The lowest BCUT2D eigenvalue weighted by atomic mass is 9.89. The highest BCUT2D eigenvalue weighted by atomic mass is 19.1. The Labute approximate surface area is 157 Å². The van der Waals surface area contributed by atoms with Crippen molar-refractivity contribution in [3.05, 3.63) is 60.2 Å². The molecule has 3 heterocycles. The average molecular weight is 367 g/mol. The summed E-state index contributed by atoms with van der Waals surface area (Å²) in [5, 5.41) is 1.16. The Balaban J connectivity index is 1.37. The van der Waals surface area contributed by atoms with Crippen LogP contribution in [-0.4, -0.2) is 40.0 Å². The number of benzene rings is 1. The second-order valence-electron chi connectivity index (χ2n) is 6.96. The molecule has 0 saturated carbocycles. The SMILES string of the molecule is CC(Oc1cccc(F)c1)C(=O)N1CCC(c2c[nH]c3ncccc23)CC1. The highest BCUT2D eigenvalue weighted by Gasteiger charge is 2.28. The number of aromatic nitrogens is 2. The molecule has 1 saturated heterocycles. The number of carbonyl (C=O) groups excluding carboxylic acids is 1. The number of H-pyrrole nitrogens is 1. The summed E-state index contributed by atoms with van der Waals surface area (Å²) in [5.41, 5.74) is 2.18. The van der Waals surface area contributed by atoms with Crippen LogP contribution in [0.15, 0.2) is 48.8 Å². The second kappa shape index (κ2) is 7.39. The van der Waals surface area contributed by atoms with Crippen LogP contribution in [0.3, 0.4) is 0 Å². The van der Waals surface area contributed by atoms with Crippen molar-refractivity contribution in [2.45, 2.75) is 31.8 Å². The number of nitrogens with zero attached hydrogens (tertiary/aromatic N) is 2. The summed E-state index contributed by atoms with van der Waals surface area (Å²) < 4.78 is 18.9. The minimum atomic E-state index is -0.638. The third-order valence-electron chi connectivity index (χ3n) is 5.19. The predicted octanol–water partition coefficient (Wildman–Crippen LogP) is 3.88. The van der Waals surface area contributed by atoms with Gasteiger partial charge in [0, 0.05) is 36.9 Å². The van der Waals surface area contributed by atoms with Gasteiger partial charge in [-0.3, -0.25) is 4.79 Å². The molecule has 5 nitrogen and oxygen atoms in total. The first kappa shape index (κ1) is 17.5. The van der Waals surface area contributed by atoms with E-state index in [0.717, 1.165) is 23.9 Å². The minimum Gasteiger partial charge on any atom is -0.481 e. The number of pyridine rings is 1. The Hall–Kier alpha value is -2.89. The van der Waals surface area contributed by atoms with Gasteiger partial charge in [-0.05, 0) is 55.5 Å². The number of hydrogen-bond acceptors (Lipinski definition) is 3. The van der Waals surface area contributed by atoms with Crippen molar-refractivity contribution in [2.24, 2.45) is 0 Å². The van der Waals surface area contributed by atoms with Gasteiger partial charge < -0.3 is 14.6 Å². The van der Waals surface area contributed by atoms with Gasteiger partial charge in [0.05, 0.1) is 0 Å². The van der Waals surface area contributed by atoms with Gasteiger partial charge >= 0.3 is 0 Å². The Morgan fingerprint density at radius 1 is 1.30 bits per heavy atom. The summed E-state index contributed by atoms with van der Waals surface area (Å²) in [6.45, 7) is 3.09. The largest absolute Gasteiger partial charge is 0.481 e. The molecule has 1 fully saturated rings. The van der Waals surface area contributed by atoms with Crippen LogP contribution in [0, 0.1) is 5.82 Å². The molecule has 0 aliphatic carbocycles. The summed E-state index contributed by atoms with van der Waals surface area (Å²) in [5.74, 6) is 0.350. The maximum absolute atomic E-state index is 13.3. The number of aromatic amines is 1. The van der Waals surface area contributed by atoms with E-state index in [-0.39, 0.29) is 11.7 Å². The molecule has 2 aromatic heterocycles. The molecule has 6 heteroatoms. The first-order valence-electron chi connectivity index (χ1n) is 9.25. The van der Waals surface area contributed by atoms with E-state index in [4.69, 9.17) is 4.74 Å². The van der Waals surface area contributed by atoms with E-state index in [9.17, 15) is 9.18 Å². The van der Waals surface area contributed by atoms with Crippen LogP contribution in [0.4, 0.5) is 4.39 Å². The maximum Gasteiger partial charge on any atom is 0.263 e. The van der Waals surface area contributed by atoms with E-state index in [1.54, 1.807) is 25.3 Å². The van der Waals surface area contributed by atoms with E-state index < -0.39 is 6.10 Å². The molecule has 1 N–H and O–H groups in total. The van der Waals surface area contributed by atoms with Crippen LogP contribution in [0.25, 0.3) is 11.0 Å². The topological polar surface area (TPSA) is 58.2 Å². The van der Waals surface area contributed by atoms with E-state index in [1.165, 1.54) is 17.7 Å². The molecule has 27 heavy (non-hydrogen) atoms. The molecule has 4 rings (SSSR count). The first-order chi connectivity index (χ1) is 13.1. The zero-order valence-corrected chi connectivity index (χ0v) is 15.2. The fourth-order valence-corrected chi connectivity index (χ4v) is 3.78. The van der Waals surface area contributed by atoms with E-state index >= 15 is 0 Å². The highest BCUT2D eigenvalue weighted by Crippen LogP contribution is 2.32. The third kappa shape index (κ3) is 3.65. The molecule has 0 bridgehead atoms. The average Bonchev–Trinajstić information content (AvgIpc) is 3.12. The minimum absolute atomic E-state index is 0.0571. The predicted molar refractivity (Wildman–Crippen MR) is 101 cm³/mol. The molecule has 1 unspecified atom stereocenters. The second-order valence-corrected chi connectivity index (χ2v) is 6.96. The molecule has 1 aromatic carbocycles. The Morgan fingerprint density at radius 2 is 2.11 bits per heavy atom. The number of ether oxygens (including phenoxy) is 1. The first-order valence-corrected chi connectivity index (χ1v) is 9.25. The van der Waals surface area contributed by atoms with Crippen molar-refractivity contribution in [1.29, 1.82) is 0 Å². The smallest absolute Gasteiger partial charge is 0.263 e. The summed E-state index contributed by atoms with van der Waals surface area (Å²) in [7, 11) is 0. The molecule has 1 atom stereocenters. The lowest BCUT2D eigenvalue weighted by Gasteiger charge is -2.33. The number of rotatable bonds is 4. The summed E-state index contributed by atoms with van der Waals surface area (Å²) >= 11 is 0. The zero-order valence-electron chi connectivity index (χ0n) is 15.2. The van der Waals surface area contributed by atoms with Crippen molar-refractivity contribution >= 4 is 16.9 Å². The fourth-order valence-electron chi connectivity index (χ4n) is 3.78. The number of hydrogen-bond donors (Lipinski definition) is 1. The number of piperidine rings is 1. The van der Waals surface area contributed by atoms with Crippen molar-refractivity contribution in [1.82, 2.24) is 14.9 Å². The fraction of sp³-hybridized carbons (Fsp3) is 0.333. The number of carbonyl (C=O) groups is 1. The van der Waals surface area contributed by atoms with Crippen LogP contribution in [0.2, 0.25) is 0 Å². The van der Waals surface area contributed by atoms with Crippen molar-refractivity contribution in [3.8, 4) is 5.75 Å². The standard InChI is InChI=1S/C21H22FN3O2/c1-14(27-17-5-2-4-16(22)12-17)21(26)25-10-7-15(8-11-25)19-13-24-20-18(19)6-3-9-23-20/h2-6,9,12-15H,7-8,10-11H2,1H3,(H,23,24). The van der Waals surface area contributed by atoms with Crippen LogP contribution < -0.4 is 4.74 Å². The van der Waals surface area contributed by atoms with Gasteiger partial charge in [-0.25, -0.2) is 9.37 Å². The summed E-state index contributed by atoms with van der Waals surface area (Å²) in [6.07, 6.45) is 4.99. The van der Waals surface area contributed by atoms with Crippen molar-refractivity contribution in [3.63, 3.8) is 0 Å². The Bertz CT molecular complexity index is 947. The maximum atomic E-state index is 13.3. The van der Waals surface area contributed by atoms with Gasteiger partial charge in [0.25, 0.3) is 5.91 Å². The Morgan fingerprint density at radius 3 is 2.89 bits per heavy atom. The van der Waals surface area contributed by atoms with Gasteiger partial charge in [0.1, 0.15) is 17.2 Å². The number of halogens is 1. The molecule has 1 aliphatic heterocycles. The Kier molecular flexibility index (Phi) is 4.79. The lowest BCUT2D eigenvalue weighted by molar-refractivity contribution is -0.139. The van der Waals surface area contributed by atoms with E-state index in [1.807, 2.05) is 17.2 Å². The van der Waals surface area contributed by atoms with Crippen molar-refractivity contribution < 1.29 is 13.9 Å². The third-order valence-corrected chi connectivity index (χ3v) is 5.19. The molecule has 0 spiro atoms. The monoisotopic (exact) mass is 367 g/mol. The van der Waals surface area contributed by atoms with Crippen LogP contribution in [-0.2, 0) is 4.79 Å². The van der Waals surface area contributed by atoms with Gasteiger partial charge in [-0.1, -0.05) is 6.07 Å². The number of nitrogens with one attached hydrogen (secondary N) is 1. The van der Waals surface area contributed by atoms with Crippen molar-refractivity contribution in [2.75, 3.05) is 13.1 Å². The number of likely N-dealkylation sites (tertiary alicyclic amines) is 1. The van der Waals surface area contributed by atoms with Gasteiger partial charge in [-0.2, -0.15) is 0 Å². The quantitative estimate of drug-likeness (QED) is 0.761. The zero-order chi connectivity index (χ0) is 18.8. The van der Waals surface area contributed by atoms with Gasteiger partial charge in [0.2, 0.25) is 0 Å².